The molecule has 8 nitrogen and oxygen atoms in total. The van der Waals surface area contributed by atoms with E-state index in [2.05, 4.69) is 20.4 Å². The third-order valence-electron chi connectivity index (χ3n) is 4.70. The molecule has 0 unspecified atom stereocenters. The van der Waals surface area contributed by atoms with Gasteiger partial charge in [-0.25, -0.2) is 4.98 Å². The van der Waals surface area contributed by atoms with Gasteiger partial charge in [0.05, 0.1) is 19.9 Å². The Kier molecular flexibility index (Phi) is 4.24. The average molecular weight is 355 g/mol. The van der Waals surface area contributed by atoms with Crippen LogP contribution in [0.1, 0.15) is 29.7 Å². The Balaban J connectivity index is 1.62. The normalized spacial score (nSPS) is 13.5. The molecule has 2 N–H and O–H groups in total. The number of hydrogen-bond donors (Lipinski definition) is 2. The molecular weight excluding hydrogens is 334 g/mol. The second-order valence-corrected chi connectivity index (χ2v) is 6.29. The molecule has 1 aromatic carbocycles. The second kappa shape index (κ2) is 6.70. The van der Waals surface area contributed by atoms with Crippen molar-refractivity contribution in [3.8, 4) is 11.5 Å². The molecule has 3 aromatic rings. The number of aryl methyl sites for hydroxylation is 1. The molecule has 0 aliphatic heterocycles. The Labute approximate surface area is 150 Å². The largest absolute Gasteiger partial charge is 0.497 e. The third-order valence-corrected chi connectivity index (χ3v) is 4.70. The van der Waals surface area contributed by atoms with Crippen molar-refractivity contribution in [1.29, 1.82) is 0 Å². The number of nitrogens with one attached hydrogen (secondary N) is 2. The van der Waals surface area contributed by atoms with Crippen LogP contribution in [0.2, 0.25) is 0 Å². The lowest BCUT2D eigenvalue weighted by atomic mass is 9.97. The molecule has 2 heterocycles. The van der Waals surface area contributed by atoms with E-state index in [1.165, 1.54) is 4.52 Å². The number of H-pyrrole nitrogens is 1. The van der Waals surface area contributed by atoms with Crippen molar-refractivity contribution in [2.45, 2.75) is 32.2 Å². The summed E-state index contributed by atoms with van der Waals surface area (Å²) in [7, 11) is 3.25. The van der Waals surface area contributed by atoms with Gasteiger partial charge in [0.1, 0.15) is 11.5 Å². The van der Waals surface area contributed by atoms with E-state index in [1.54, 1.807) is 14.2 Å². The maximum absolute atomic E-state index is 12.6. The van der Waals surface area contributed by atoms with Crippen molar-refractivity contribution in [3.05, 3.63) is 45.4 Å². The van der Waals surface area contributed by atoms with Gasteiger partial charge in [-0.1, -0.05) is 0 Å². The van der Waals surface area contributed by atoms with Crippen molar-refractivity contribution in [3.63, 3.8) is 0 Å². The molecule has 4 rings (SSSR count). The highest BCUT2D eigenvalue weighted by atomic mass is 16.5. The van der Waals surface area contributed by atoms with Crippen LogP contribution in [-0.2, 0) is 19.4 Å². The van der Waals surface area contributed by atoms with Gasteiger partial charge >= 0.3 is 0 Å². The van der Waals surface area contributed by atoms with Crippen molar-refractivity contribution >= 4 is 11.7 Å². The molecule has 0 atom stereocenters. The molecule has 2 aromatic heterocycles. The van der Waals surface area contributed by atoms with Crippen LogP contribution in [0.4, 0.5) is 5.95 Å². The fourth-order valence-electron chi connectivity index (χ4n) is 3.32. The summed E-state index contributed by atoms with van der Waals surface area (Å²) in [6.45, 7) is 0.467. The number of fused-ring (bicyclic) bond motifs is 2. The summed E-state index contributed by atoms with van der Waals surface area (Å²) in [5, 5.41) is 6.19. The Hall–Kier alpha value is -3.03. The maximum Gasteiger partial charge on any atom is 0.277 e. The van der Waals surface area contributed by atoms with E-state index in [1.807, 2.05) is 18.2 Å². The van der Waals surface area contributed by atoms with Gasteiger partial charge in [-0.3, -0.25) is 9.89 Å². The smallest absolute Gasteiger partial charge is 0.277 e. The highest BCUT2D eigenvalue weighted by molar-refractivity contribution is 5.44. The fourth-order valence-corrected chi connectivity index (χ4v) is 3.32. The van der Waals surface area contributed by atoms with Crippen molar-refractivity contribution in [2.75, 3.05) is 19.5 Å². The predicted octanol–water partition coefficient (Wildman–Crippen LogP) is 1.93. The van der Waals surface area contributed by atoms with Crippen molar-refractivity contribution in [2.24, 2.45) is 0 Å². The second-order valence-electron chi connectivity index (χ2n) is 6.29. The molecule has 0 fully saturated rings. The van der Waals surface area contributed by atoms with Crippen LogP contribution < -0.4 is 20.3 Å². The minimum Gasteiger partial charge on any atom is -0.497 e. The fraction of sp³-hybridized carbons (Fsp3) is 0.389. The van der Waals surface area contributed by atoms with E-state index in [0.29, 0.717) is 18.3 Å². The summed E-state index contributed by atoms with van der Waals surface area (Å²) in [5.74, 6) is 2.38. The van der Waals surface area contributed by atoms with Gasteiger partial charge in [0.25, 0.3) is 11.3 Å². The molecule has 0 bridgehead atoms. The highest BCUT2D eigenvalue weighted by Crippen LogP contribution is 2.24. The van der Waals surface area contributed by atoms with Gasteiger partial charge in [-0.2, -0.15) is 9.50 Å². The average Bonchev–Trinajstić information content (AvgIpc) is 3.09. The molecule has 0 saturated carbocycles. The van der Waals surface area contributed by atoms with E-state index in [9.17, 15) is 4.79 Å². The Morgan fingerprint density at radius 3 is 2.85 bits per heavy atom. The number of benzene rings is 1. The zero-order valence-electron chi connectivity index (χ0n) is 14.8. The zero-order chi connectivity index (χ0) is 18.1. The molecule has 136 valence electrons. The monoisotopic (exact) mass is 355 g/mol. The summed E-state index contributed by atoms with van der Waals surface area (Å²) in [6, 6.07) is 5.60. The summed E-state index contributed by atoms with van der Waals surface area (Å²) >= 11 is 0. The molecule has 26 heavy (non-hydrogen) atoms. The predicted molar refractivity (Wildman–Crippen MR) is 97.1 cm³/mol. The molecule has 0 spiro atoms. The minimum atomic E-state index is -0.0517. The van der Waals surface area contributed by atoms with Gasteiger partial charge in [-0.15, -0.1) is 0 Å². The molecule has 1 aliphatic carbocycles. The van der Waals surface area contributed by atoms with Gasteiger partial charge < -0.3 is 14.8 Å². The number of aromatic nitrogens is 4. The molecule has 0 saturated heterocycles. The van der Waals surface area contributed by atoms with Gasteiger partial charge in [0, 0.05) is 17.7 Å². The number of nitrogens with zero attached hydrogens (tertiary/aromatic N) is 3. The Morgan fingerprint density at radius 2 is 2.04 bits per heavy atom. The van der Waals surface area contributed by atoms with Crippen LogP contribution >= 0.6 is 0 Å². The number of hydrogen-bond acceptors (Lipinski definition) is 6. The number of aromatic amines is 1. The SMILES string of the molecule is COc1ccc(OC)c(CNc2nc3nc4c(c(=O)n3[nH]2)CCCC4)c1. The highest BCUT2D eigenvalue weighted by Gasteiger charge is 2.18. The lowest BCUT2D eigenvalue weighted by molar-refractivity contribution is 0.399. The maximum atomic E-state index is 12.6. The first-order chi connectivity index (χ1) is 12.7. The summed E-state index contributed by atoms with van der Waals surface area (Å²) < 4.78 is 12.1. The van der Waals surface area contributed by atoms with Crippen LogP contribution in [0.5, 0.6) is 11.5 Å². The number of methoxy groups -OCH3 is 2. The molecule has 0 radical (unpaired) electrons. The molecular formula is C18H21N5O3. The first-order valence-electron chi connectivity index (χ1n) is 8.65. The number of ether oxygens (including phenoxy) is 2. The van der Waals surface area contributed by atoms with Gasteiger partial charge in [-0.05, 0) is 43.9 Å². The van der Waals surface area contributed by atoms with Crippen molar-refractivity contribution in [1.82, 2.24) is 19.6 Å². The van der Waals surface area contributed by atoms with Crippen LogP contribution in [0.3, 0.4) is 0 Å². The molecule has 1 aliphatic rings. The molecule has 0 amide bonds. The lowest BCUT2D eigenvalue weighted by Crippen LogP contribution is -2.25. The van der Waals surface area contributed by atoms with Crippen LogP contribution in [0.15, 0.2) is 23.0 Å². The molecule has 8 heteroatoms. The van der Waals surface area contributed by atoms with E-state index in [0.717, 1.165) is 54.0 Å². The Bertz CT molecular complexity index is 1010. The van der Waals surface area contributed by atoms with E-state index >= 15 is 0 Å². The first kappa shape index (κ1) is 16.4. The van der Waals surface area contributed by atoms with E-state index in [-0.39, 0.29) is 5.56 Å². The number of anilines is 1. The van der Waals surface area contributed by atoms with E-state index < -0.39 is 0 Å². The third kappa shape index (κ3) is 2.87. The summed E-state index contributed by atoms with van der Waals surface area (Å²) in [5.41, 5.74) is 2.56. The minimum absolute atomic E-state index is 0.0517. The first-order valence-corrected chi connectivity index (χ1v) is 8.65. The quantitative estimate of drug-likeness (QED) is 0.726. The standard InChI is InChI=1S/C18H21N5O3/c1-25-12-7-8-15(26-2)11(9-12)10-19-17-21-18-20-14-6-4-3-5-13(14)16(24)23(18)22-17/h7-9H,3-6,10H2,1-2H3,(H2,19,20,21,22). The summed E-state index contributed by atoms with van der Waals surface area (Å²) in [4.78, 5) is 21.6. The summed E-state index contributed by atoms with van der Waals surface area (Å²) in [6.07, 6.45) is 3.73. The van der Waals surface area contributed by atoms with Gasteiger partial charge in [0.15, 0.2) is 0 Å². The van der Waals surface area contributed by atoms with Crippen LogP contribution in [0, 0.1) is 0 Å². The lowest BCUT2D eigenvalue weighted by Gasteiger charge is -2.12. The van der Waals surface area contributed by atoms with E-state index in [4.69, 9.17) is 9.47 Å². The van der Waals surface area contributed by atoms with Crippen LogP contribution in [0.25, 0.3) is 5.78 Å². The van der Waals surface area contributed by atoms with Gasteiger partial charge in [0.2, 0.25) is 5.95 Å². The number of rotatable bonds is 5. The zero-order valence-corrected chi connectivity index (χ0v) is 14.8. The Morgan fingerprint density at radius 1 is 1.19 bits per heavy atom. The topological polar surface area (TPSA) is 93.5 Å². The van der Waals surface area contributed by atoms with Crippen LogP contribution in [-0.4, -0.2) is 33.8 Å². The van der Waals surface area contributed by atoms with Crippen molar-refractivity contribution < 1.29 is 9.47 Å².